The van der Waals surface area contributed by atoms with Gasteiger partial charge in [-0.05, 0) is 32.6 Å². The smallest absolute Gasteiger partial charge is 0.240 e. The molecule has 0 saturated heterocycles. The predicted molar refractivity (Wildman–Crippen MR) is 82.7 cm³/mol. The van der Waals surface area contributed by atoms with E-state index in [1.165, 1.54) is 28.3 Å². The van der Waals surface area contributed by atoms with Crippen LogP contribution in [0, 0.1) is 0 Å². The van der Waals surface area contributed by atoms with Crippen LogP contribution in [0.3, 0.4) is 0 Å². The van der Waals surface area contributed by atoms with Crippen molar-refractivity contribution in [3.05, 3.63) is 15.6 Å². The van der Waals surface area contributed by atoms with Crippen LogP contribution in [0.15, 0.2) is 0 Å². The topological polar surface area (TPSA) is 79.4 Å². The highest BCUT2D eigenvalue weighted by Gasteiger charge is 2.22. The second kappa shape index (κ2) is 6.41. The van der Waals surface area contributed by atoms with Crippen molar-refractivity contribution in [1.29, 1.82) is 0 Å². The summed E-state index contributed by atoms with van der Waals surface area (Å²) in [6, 6.07) is -0.764. The third-order valence-electron chi connectivity index (χ3n) is 3.40. The Hall–Kier alpha value is -0.990. The summed E-state index contributed by atoms with van der Waals surface area (Å²) in [5.41, 5.74) is 1.17. The van der Waals surface area contributed by atoms with Gasteiger partial charge in [0, 0.05) is 11.9 Å². The first-order valence-electron chi connectivity index (χ1n) is 6.96. The summed E-state index contributed by atoms with van der Waals surface area (Å²) in [4.78, 5) is 19.6. The molecule has 1 aliphatic rings. The number of aryl methyl sites for hydroxylation is 2. The molecule has 118 valence electrons. The van der Waals surface area contributed by atoms with Crippen LogP contribution in [0.25, 0.3) is 0 Å². The second-order valence-electron chi connectivity index (χ2n) is 5.49. The number of carbonyl (C=O) groups is 1. The van der Waals surface area contributed by atoms with Crippen LogP contribution in [0.1, 0.15) is 35.3 Å². The van der Waals surface area contributed by atoms with Crippen molar-refractivity contribution in [2.45, 2.75) is 45.2 Å². The Morgan fingerprint density at radius 3 is 2.71 bits per heavy atom. The molecule has 0 unspecified atom stereocenters. The van der Waals surface area contributed by atoms with Gasteiger partial charge >= 0.3 is 0 Å². The van der Waals surface area contributed by atoms with Gasteiger partial charge in [0.05, 0.1) is 24.5 Å². The molecule has 0 saturated carbocycles. The third kappa shape index (κ3) is 4.49. The molecular formula is C13H21N3O3S2. The summed E-state index contributed by atoms with van der Waals surface area (Å²) in [5.74, 6) is -0.256. The van der Waals surface area contributed by atoms with Gasteiger partial charge in [0.2, 0.25) is 15.9 Å². The van der Waals surface area contributed by atoms with Crippen LogP contribution in [-0.2, 0) is 34.2 Å². The molecule has 1 atom stereocenters. The van der Waals surface area contributed by atoms with E-state index in [9.17, 15) is 13.2 Å². The summed E-state index contributed by atoms with van der Waals surface area (Å²) < 4.78 is 24.6. The maximum atomic E-state index is 12.1. The van der Waals surface area contributed by atoms with E-state index in [4.69, 9.17) is 0 Å². The number of hydrogen-bond acceptors (Lipinski definition) is 5. The minimum atomic E-state index is -3.39. The van der Waals surface area contributed by atoms with Gasteiger partial charge in [-0.3, -0.25) is 4.79 Å². The highest BCUT2D eigenvalue weighted by Crippen LogP contribution is 2.27. The molecular weight excluding hydrogens is 310 g/mol. The number of thiazole rings is 1. The lowest BCUT2D eigenvalue weighted by Gasteiger charge is -2.20. The summed E-state index contributed by atoms with van der Waals surface area (Å²) in [6.07, 6.45) is 5.54. The number of aromatic nitrogens is 1. The molecule has 1 aliphatic carbocycles. The SMILES string of the molecule is C[C@H](NS(C)(=O)=O)C(=O)N(C)Cc1nc2c(s1)CCCC2. The van der Waals surface area contributed by atoms with Crippen molar-refractivity contribution in [2.75, 3.05) is 13.3 Å². The number of hydrogen-bond donors (Lipinski definition) is 1. The van der Waals surface area contributed by atoms with Gasteiger partial charge < -0.3 is 4.90 Å². The summed E-state index contributed by atoms with van der Waals surface area (Å²) in [5, 5.41) is 0.921. The van der Waals surface area contributed by atoms with E-state index < -0.39 is 16.1 Å². The highest BCUT2D eigenvalue weighted by atomic mass is 32.2. The summed E-state index contributed by atoms with van der Waals surface area (Å²) >= 11 is 1.66. The van der Waals surface area contributed by atoms with Crippen molar-refractivity contribution in [3.8, 4) is 0 Å². The fourth-order valence-corrected chi connectivity index (χ4v) is 4.41. The van der Waals surface area contributed by atoms with E-state index in [-0.39, 0.29) is 5.91 Å². The minimum absolute atomic E-state index is 0.256. The van der Waals surface area contributed by atoms with Crippen molar-refractivity contribution in [1.82, 2.24) is 14.6 Å². The molecule has 0 spiro atoms. The molecule has 1 heterocycles. The van der Waals surface area contributed by atoms with Crippen LogP contribution in [0.5, 0.6) is 0 Å². The molecule has 1 N–H and O–H groups in total. The van der Waals surface area contributed by atoms with E-state index >= 15 is 0 Å². The Morgan fingerprint density at radius 2 is 2.10 bits per heavy atom. The van der Waals surface area contributed by atoms with E-state index in [0.717, 1.165) is 24.1 Å². The Kier molecular flexibility index (Phi) is 5.00. The molecule has 1 amide bonds. The van der Waals surface area contributed by atoms with Crippen LogP contribution in [0.2, 0.25) is 0 Å². The average Bonchev–Trinajstić information content (AvgIpc) is 2.77. The molecule has 0 radical (unpaired) electrons. The van der Waals surface area contributed by atoms with E-state index in [1.807, 2.05) is 0 Å². The summed E-state index contributed by atoms with van der Waals surface area (Å²) in [6.45, 7) is 1.97. The Morgan fingerprint density at radius 1 is 1.43 bits per heavy atom. The van der Waals surface area contributed by atoms with Crippen LogP contribution >= 0.6 is 11.3 Å². The lowest BCUT2D eigenvalue weighted by molar-refractivity contribution is -0.131. The molecule has 0 aliphatic heterocycles. The molecule has 8 heteroatoms. The number of nitrogens with zero attached hydrogens (tertiary/aromatic N) is 2. The zero-order valence-corrected chi connectivity index (χ0v) is 14.2. The standard InChI is InChI=1S/C13H21N3O3S2/c1-9(15-21(3,18)19)13(17)16(2)8-12-14-10-6-4-5-7-11(10)20-12/h9,15H,4-8H2,1-3H3/t9-/m0/s1. The van der Waals surface area contributed by atoms with Crippen molar-refractivity contribution in [3.63, 3.8) is 0 Å². The van der Waals surface area contributed by atoms with Gasteiger partial charge in [-0.25, -0.2) is 18.1 Å². The molecule has 21 heavy (non-hydrogen) atoms. The molecule has 1 aromatic heterocycles. The number of nitrogens with one attached hydrogen (secondary N) is 1. The number of rotatable bonds is 5. The van der Waals surface area contributed by atoms with Crippen molar-refractivity contribution in [2.24, 2.45) is 0 Å². The normalized spacial score (nSPS) is 16.3. The lowest BCUT2D eigenvalue weighted by Crippen LogP contribution is -2.44. The van der Waals surface area contributed by atoms with Gasteiger partial charge in [-0.1, -0.05) is 0 Å². The largest absolute Gasteiger partial charge is 0.338 e. The molecule has 2 rings (SSSR count). The zero-order chi connectivity index (χ0) is 15.6. The van der Waals surface area contributed by atoms with E-state index in [1.54, 1.807) is 25.3 Å². The molecule has 0 bridgehead atoms. The average molecular weight is 331 g/mol. The van der Waals surface area contributed by atoms with E-state index in [2.05, 4.69) is 9.71 Å². The highest BCUT2D eigenvalue weighted by molar-refractivity contribution is 7.88. The first-order valence-corrected chi connectivity index (χ1v) is 9.67. The molecule has 0 fully saturated rings. The van der Waals surface area contributed by atoms with Gasteiger partial charge in [0.15, 0.2) is 0 Å². The number of sulfonamides is 1. The van der Waals surface area contributed by atoms with Crippen LogP contribution in [0.4, 0.5) is 0 Å². The van der Waals surface area contributed by atoms with E-state index in [0.29, 0.717) is 6.54 Å². The quantitative estimate of drug-likeness (QED) is 0.870. The fraction of sp³-hybridized carbons (Fsp3) is 0.692. The van der Waals surface area contributed by atoms with Crippen LogP contribution in [-0.4, -0.2) is 43.6 Å². The maximum absolute atomic E-state index is 12.1. The maximum Gasteiger partial charge on any atom is 0.240 e. The minimum Gasteiger partial charge on any atom is -0.338 e. The third-order valence-corrected chi connectivity index (χ3v) is 5.32. The number of likely N-dealkylation sites (N-methyl/N-ethyl adjacent to an activating group) is 1. The number of carbonyl (C=O) groups excluding carboxylic acids is 1. The number of amides is 1. The number of fused-ring (bicyclic) bond motifs is 1. The first kappa shape index (κ1) is 16.4. The first-order chi connectivity index (χ1) is 9.76. The van der Waals surface area contributed by atoms with Gasteiger partial charge in [-0.15, -0.1) is 11.3 Å². The van der Waals surface area contributed by atoms with Gasteiger partial charge in [-0.2, -0.15) is 0 Å². The molecule has 0 aromatic carbocycles. The monoisotopic (exact) mass is 331 g/mol. The van der Waals surface area contributed by atoms with Crippen LogP contribution < -0.4 is 4.72 Å². The molecule has 1 aromatic rings. The van der Waals surface area contributed by atoms with Gasteiger partial charge in [0.1, 0.15) is 5.01 Å². The Balaban J connectivity index is 1.98. The predicted octanol–water partition coefficient (Wildman–Crippen LogP) is 0.918. The fourth-order valence-electron chi connectivity index (χ4n) is 2.46. The van der Waals surface area contributed by atoms with Crippen molar-refractivity contribution < 1.29 is 13.2 Å². The Labute approximate surface area is 129 Å². The Bertz CT molecular complexity index is 601. The molecule has 6 nitrogen and oxygen atoms in total. The summed E-state index contributed by atoms with van der Waals surface area (Å²) in [7, 11) is -1.72. The zero-order valence-electron chi connectivity index (χ0n) is 12.5. The second-order valence-corrected chi connectivity index (χ2v) is 8.44. The lowest BCUT2D eigenvalue weighted by atomic mass is 10.0. The van der Waals surface area contributed by atoms with Gasteiger partial charge in [0.25, 0.3) is 0 Å². The van der Waals surface area contributed by atoms with Crippen molar-refractivity contribution >= 4 is 27.3 Å².